The van der Waals surface area contributed by atoms with E-state index < -0.39 is 11.9 Å². The van der Waals surface area contributed by atoms with Gasteiger partial charge in [0.15, 0.2) is 0 Å². The molecule has 0 aliphatic heterocycles. The Bertz CT molecular complexity index is 850. The third-order valence-electron chi connectivity index (χ3n) is 3.63. The molecule has 0 bridgehead atoms. The molecule has 7 heteroatoms. The first-order chi connectivity index (χ1) is 13.4. The highest BCUT2D eigenvalue weighted by atomic mass is 32.2. The van der Waals surface area contributed by atoms with E-state index in [2.05, 4.69) is 10.1 Å². The van der Waals surface area contributed by atoms with Crippen LogP contribution in [0.25, 0.3) is 0 Å². The van der Waals surface area contributed by atoms with E-state index in [0.717, 1.165) is 0 Å². The average molecular weight is 401 g/mol. The summed E-state index contributed by atoms with van der Waals surface area (Å²) in [7, 11) is 1.31. The lowest BCUT2D eigenvalue weighted by Crippen LogP contribution is -2.31. The number of esters is 2. The highest BCUT2D eigenvalue weighted by Gasteiger charge is 2.15. The Balaban J connectivity index is 2.01. The van der Waals surface area contributed by atoms with Gasteiger partial charge in [-0.2, -0.15) is 0 Å². The van der Waals surface area contributed by atoms with E-state index in [1.54, 1.807) is 48.5 Å². The Morgan fingerprint density at radius 1 is 1.04 bits per heavy atom. The quantitative estimate of drug-likeness (QED) is 0.539. The van der Waals surface area contributed by atoms with Crippen molar-refractivity contribution in [3.05, 3.63) is 65.2 Å². The van der Waals surface area contributed by atoms with Crippen LogP contribution in [0.15, 0.2) is 53.4 Å². The van der Waals surface area contributed by atoms with E-state index >= 15 is 0 Å². The van der Waals surface area contributed by atoms with Gasteiger partial charge in [0.25, 0.3) is 0 Å². The predicted molar refractivity (Wildman–Crippen MR) is 107 cm³/mol. The molecule has 1 N–H and O–H groups in total. The van der Waals surface area contributed by atoms with Crippen LogP contribution in [0.3, 0.4) is 0 Å². The molecule has 0 aromatic heterocycles. The van der Waals surface area contributed by atoms with Crippen LogP contribution in [0.5, 0.6) is 0 Å². The maximum Gasteiger partial charge on any atom is 0.339 e. The third-order valence-corrected chi connectivity index (χ3v) is 4.71. The standard InChI is InChI=1S/C21H23NO5S/c1-14(2)22-19(23)13-28-18-10-5-4-9-17(18)21(25)27-12-15-7-6-8-16(11-15)20(24)26-3/h4-11,14H,12-13H2,1-3H3,(H,22,23). The van der Waals surface area contributed by atoms with Crippen LogP contribution in [0.4, 0.5) is 0 Å². The van der Waals surface area contributed by atoms with Crippen molar-refractivity contribution in [2.45, 2.75) is 31.4 Å². The Morgan fingerprint density at radius 2 is 1.79 bits per heavy atom. The van der Waals surface area contributed by atoms with Gasteiger partial charge in [0.1, 0.15) is 6.61 Å². The van der Waals surface area contributed by atoms with Gasteiger partial charge < -0.3 is 14.8 Å². The summed E-state index contributed by atoms with van der Waals surface area (Å²) in [6.07, 6.45) is 0. The molecule has 0 saturated heterocycles. The van der Waals surface area contributed by atoms with Crippen molar-refractivity contribution in [2.24, 2.45) is 0 Å². The fourth-order valence-electron chi connectivity index (χ4n) is 2.40. The molecule has 0 fully saturated rings. The maximum atomic E-state index is 12.5. The molecule has 6 nitrogen and oxygen atoms in total. The van der Waals surface area contributed by atoms with Crippen molar-refractivity contribution in [3.63, 3.8) is 0 Å². The number of nitrogens with one attached hydrogen (secondary N) is 1. The number of thioether (sulfide) groups is 1. The van der Waals surface area contributed by atoms with Gasteiger partial charge in [-0.25, -0.2) is 9.59 Å². The molecule has 0 aliphatic rings. The summed E-state index contributed by atoms with van der Waals surface area (Å²) in [6.45, 7) is 3.81. The highest BCUT2D eigenvalue weighted by Crippen LogP contribution is 2.23. The van der Waals surface area contributed by atoms with Crippen molar-refractivity contribution >= 4 is 29.6 Å². The summed E-state index contributed by atoms with van der Waals surface area (Å²) in [5.41, 5.74) is 1.47. The third kappa shape index (κ3) is 6.42. The molecule has 28 heavy (non-hydrogen) atoms. The van der Waals surface area contributed by atoms with Crippen LogP contribution in [-0.4, -0.2) is 36.8 Å². The number of carbonyl (C=O) groups excluding carboxylic acids is 3. The molecule has 0 aliphatic carbocycles. The molecule has 0 unspecified atom stereocenters. The zero-order valence-electron chi connectivity index (χ0n) is 16.1. The van der Waals surface area contributed by atoms with Crippen molar-refractivity contribution in [1.82, 2.24) is 5.32 Å². The minimum Gasteiger partial charge on any atom is -0.465 e. The molecular formula is C21H23NO5S. The van der Waals surface area contributed by atoms with Gasteiger partial charge in [0.2, 0.25) is 5.91 Å². The summed E-state index contributed by atoms with van der Waals surface area (Å²) in [5.74, 6) is -0.822. The first kappa shape index (κ1) is 21.5. The molecular weight excluding hydrogens is 378 g/mol. The summed E-state index contributed by atoms with van der Waals surface area (Å²) in [4.78, 5) is 36.6. The normalized spacial score (nSPS) is 10.4. The van der Waals surface area contributed by atoms with Gasteiger partial charge in [-0.3, -0.25) is 4.79 Å². The molecule has 0 atom stereocenters. The molecule has 0 heterocycles. The largest absolute Gasteiger partial charge is 0.465 e. The maximum absolute atomic E-state index is 12.5. The second-order valence-corrected chi connectivity index (χ2v) is 7.29. The van der Waals surface area contributed by atoms with Crippen LogP contribution < -0.4 is 5.32 Å². The smallest absolute Gasteiger partial charge is 0.339 e. The van der Waals surface area contributed by atoms with Gasteiger partial charge >= 0.3 is 11.9 Å². The zero-order valence-corrected chi connectivity index (χ0v) is 16.9. The average Bonchev–Trinajstić information content (AvgIpc) is 2.69. The SMILES string of the molecule is COC(=O)c1cccc(COC(=O)c2ccccc2SCC(=O)NC(C)C)c1. The number of benzene rings is 2. The number of hydrogen-bond acceptors (Lipinski definition) is 6. The van der Waals surface area contributed by atoms with Crippen LogP contribution in [0, 0.1) is 0 Å². The van der Waals surface area contributed by atoms with E-state index in [-0.39, 0.29) is 24.3 Å². The van der Waals surface area contributed by atoms with E-state index in [1.807, 2.05) is 13.8 Å². The van der Waals surface area contributed by atoms with Crippen LogP contribution in [-0.2, 0) is 20.9 Å². The van der Waals surface area contributed by atoms with Gasteiger partial charge in [-0.1, -0.05) is 24.3 Å². The Hall–Kier alpha value is -2.80. The molecule has 0 radical (unpaired) electrons. The Morgan fingerprint density at radius 3 is 2.50 bits per heavy atom. The molecule has 0 spiro atoms. The van der Waals surface area contributed by atoms with Crippen molar-refractivity contribution in [3.8, 4) is 0 Å². The lowest BCUT2D eigenvalue weighted by molar-refractivity contribution is -0.119. The topological polar surface area (TPSA) is 81.7 Å². The number of ether oxygens (including phenoxy) is 2. The van der Waals surface area contributed by atoms with E-state index in [0.29, 0.717) is 21.6 Å². The number of rotatable bonds is 8. The minimum atomic E-state index is -0.490. The number of carbonyl (C=O) groups is 3. The predicted octanol–water partition coefficient (Wildman–Crippen LogP) is 3.45. The summed E-state index contributed by atoms with van der Waals surface area (Å²) < 4.78 is 10.1. The van der Waals surface area contributed by atoms with E-state index in [1.165, 1.54) is 18.9 Å². The lowest BCUT2D eigenvalue weighted by Gasteiger charge is -2.11. The van der Waals surface area contributed by atoms with E-state index in [4.69, 9.17) is 4.74 Å². The van der Waals surface area contributed by atoms with Crippen molar-refractivity contribution in [2.75, 3.05) is 12.9 Å². The molecule has 2 aromatic carbocycles. The van der Waals surface area contributed by atoms with Crippen molar-refractivity contribution < 1.29 is 23.9 Å². The molecule has 2 rings (SSSR count). The summed E-state index contributed by atoms with van der Waals surface area (Å²) >= 11 is 1.28. The summed E-state index contributed by atoms with van der Waals surface area (Å²) in [5, 5.41) is 2.81. The molecule has 0 saturated carbocycles. The first-order valence-electron chi connectivity index (χ1n) is 8.76. The van der Waals surface area contributed by atoms with Gasteiger partial charge in [0, 0.05) is 10.9 Å². The van der Waals surface area contributed by atoms with Crippen LogP contribution >= 0.6 is 11.8 Å². The molecule has 1 amide bonds. The number of methoxy groups -OCH3 is 1. The zero-order chi connectivity index (χ0) is 20.5. The number of amides is 1. The van der Waals surface area contributed by atoms with Gasteiger partial charge in [-0.15, -0.1) is 11.8 Å². The second kappa shape index (κ2) is 10.5. The van der Waals surface area contributed by atoms with E-state index in [9.17, 15) is 14.4 Å². The molecule has 2 aromatic rings. The highest BCUT2D eigenvalue weighted by molar-refractivity contribution is 8.00. The first-order valence-corrected chi connectivity index (χ1v) is 9.75. The van der Waals surface area contributed by atoms with Gasteiger partial charge in [-0.05, 0) is 43.7 Å². The van der Waals surface area contributed by atoms with Crippen LogP contribution in [0.2, 0.25) is 0 Å². The van der Waals surface area contributed by atoms with Gasteiger partial charge in [0.05, 0.1) is 24.0 Å². The van der Waals surface area contributed by atoms with Crippen molar-refractivity contribution in [1.29, 1.82) is 0 Å². The lowest BCUT2D eigenvalue weighted by atomic mass is 10.1. The number of hydrogen-bond donors (Lipinski definition) is 1. The minimum absolute atomic E-state index is 0.0243. The monoisotopic (exact) mass is 401 g/mol. The fraction of sp³-hybridized carbons (Fsp3) is 0.286. The Kier molecular flexibility index (Phi) is 8.07. The second-order valence-electron chi connectivity index (χ2n) is 6.28. The molecule has 148 valence electrons. The summed E-state index contributed by atoms with van der Waals surface area (Å²) in [6, 6.07) is 13.8. The fourth-order valence-corrected chi connectivity index (χ4v) is 3.25. The Labute approximate surface area is 168 Å². The van der Waals surface area contributed by atoms with Crippen LogP contribution in [0.1, 0.15) is 40.1 Å².